The molecule has 0 bridgehead atoms. The van der Waals surface area contributed by atoms with E-state index in [0.717, 1.165) is 5.92 Å². The first-order chi connectivity index (χ1) is 5.17. The van der Waals surface area contributed by atoms with Gasteiger partial charge >= 0.3 is 0 Å². The van der Waals surface area contributed by atoms with Crippen LogP contribution in [-0.4, -0.2) is 0 Å². The molecule has 0 spiro atoms. The van der Waals surface area contributed by atoms with Gasteiger partial charge in [-0.3, -0.25) is 0 Å². The third-order valence-electron chi connectivity index (χ3n) is 2.94. The summed E-state index contributed by atoms with van der Waals surface area (Å²) in [6, 6.07) is 0. The molecule has 65 valence electrons. The standard InChI is InChI=1S/C10H18I/c1-10(2,8-11)9-6-4-3-5-7-9/h8-9H,3-7H2,1-2H3. The summed E-state index contributed by atoms with van der Waals surface area (Å²) >= 11 is 2.41. The molecule has 0 aromatic rings. The van der Waals surface area contributed by atoms with E-state index in [4.69, 9.17) is 0 Å². The third-order valence-corrected chi connectivity index (χ3v) is 4.54. The Kier molecular flexibility index (Phi) is 3.66. The molecule has 11 heavy (non-hydrogen) atoms. The largest absolute Gasteiger partial charge is 0.0809 e. The summed E-state index contributed by atoms with van der Waals surface area (Å²) in [7, 11) is 0. The van der Waals surface area contributed by atoms with Crippen molar-refractivity contribution in [3.8, 4) is 0 Å². The van der Waals surface area contributed by atoms with Crippen LogP contribution in [0.25, 0.3) is 0 Å². The van der Waals surface area contributed by atoms with Crippen molar-refractivity contribution in [2.24, 2.45) is 11.3 Å². The predicted molar refractivity (Wildman–Crippen MR) is 58.7 cm³/mol. The first kappa shape index (κ1) is 9.82. The monoisotopic (exact) mass is 265 g/mol. The maximum atomic E-state index is 2.41. The summed E-state index contributed by atoms with van der Waals surface area (Å²) in [5.74, 6) is 0.952. The highest BCUT2D eigenvalue weighted by molar-refractivity contribution is 14.1. The molecule has 0 unspecified atom stereocenters. The molecule has 1 aliphatic rings. The fraction of sp³-hybridized carbons (Fsp3) is 0.900. The van der Waals surface area contributed by atoms with Crippen molar-refractivity contribution in [1.82, 2.24) is 0 Å². The van der Waals surface area contributed by atoms with Gasteiger partial charge in [0.15, 0.2) is 0 Å². The van der Waals surface area contributed by atoms with Crippen LogP contribution >= 0.6 is 22.6 Å². The number of rotatable bonds is 2. The Balaban J connectivity index is 2.43. The lowest BCUT2D eigenvalue weighted by Crippen LogP contribution is -2.24. The summed E-state index contributed by atoms with van der Waals surface area (Å²) in [6.07, 6.45) is 7.28. The third kappa shape index (κ3) is 2.60. The number of hydrogen-bond acceptors (Lipinski definition) is 0. The maximum Gasteiger partial charge on any atom is 0.0286 e. The molecular formula is C10H18I. The smallest absolute Gasteiger partial charge is 0.0286 e. The highest BCUT2D eigenvalue weighted by atomic mass is 127. The van der Waals surface area contributed by atoms with Crippen LogP contribution in [0.5, 0.6) is 0 Å². The Labute approximate surface area is 84.3 Å². The van der Waals surface area contributed by atoms with E-state index in [-0.39, 0.29) is 0 Å². The van der Waals surface area contributed by atoms with Gasteiger partial charge in [0.2, 0.25) is 0 Å². The Morgan fingerprint density at radius 1 is 1.18 bits per heavy atom. The second kappa shape index (κ2) is 4.11. The molecule has 1 radical (unpaired) electrons. The molecular weight excluding hydrogens is 247 g/mol. The summed E-state index contributed by atoms with van der Waals surface area (Å²) in [6.45, 7) is 4.74. The van der Waals surface area contributed by atoms with Crippen molar-refractivity contribution in [3.63, 3.8) is 0 Å². The van der Waals surface area contributed by atoms with Gasteiger partial charge < -0.3 is 0 Å². The van der Waals surface area contributed by atoms with Gasteiger partial charge in [0, 0.05) is 4.43 Å². The van der Waals surface area contributed by atoms with Crippen LogP contribution in [-0.2, 0) is 0 Å². The Hall–Kier alpha value is 0.730. The second-order valence-electron chi connectivity index (χ2n) is 4.27. The molecule has 0 aliphatic heterocycles. The van der Waals surface area contributed by atoms with E-state index in [1.54, 1.807) is 0 Å². The van der Waals surface area contributed by atoms with Crippen LogP contribution in [0.3, 0.4) is 0 Å². The van der Waals surface area contributed by atoms with E-state index < -0.39 is 0 Å². The quantitative estimate of drug-likeness (QED) is 0.657. The summed E-state index contributed by atoms with van der Waals surface area (Å²) in [4.78, 5) is 0. The SMILES string of the molecule is CC(C)([CH]I)C1CCCCC1. The van der Waals surface area contributed by atoms with Crippen molar-refractivity contribution < 1.29 is 0 Å². The summed E-state index contributed by atoms with van der Waals surface area (Å²) in [5, 5.41) is 0. The van der Waals surface area contributed by atoms with Crippen molar-refractivity contribution in [2.45, 2.75) is 46.0 Å². The van der Waals surface area contributed by atoms with Gasteiger partial charge in [-0.1, -0.05) is 55.7 Å². The van der Waals surface area contributed by atoms with Gasteiger partial charge in [-0.25, -0.2) is 0 Å². The average Bonchev–Trinajstić information content (AvgIpc) is 2.06. The van der Waals surface area contributed by atoms with Gasteiger partial charge in [-0.2, -0.15) is 0 Å². The van der Waals surface area contributed by atoms with Crippen molar-refractivity contribution in [1.29, 1.82) is 0 Å². The second-order valence-corrected chi connectivity index (χ2v) is 4.89. The fourth-order valence-corrected chi connectivity index (χ4v) is 2.44. The lowest BCUT2D eigenvalue weighted by atomic mass is 9.72. The van der Waals surface area contributed by atoms with E-state index in [1.807, 2.05) is 0 Å². The van der Waals surface area contributed by atoms with Crippen LogP contribution in [0.15, 0.2) is 0 Å². The van der Waals surface area contributed by atoms with E-state index in [9.17, 15) is 0 Å². The Morgan fingerprint density at radius 3 is 2.18 bits per heavy atom. The van der Waals surface area contributed by atoms with Crippen molar-refractivity contribution in [2.75, 3.05) is 0 Å². The zero-order valence-corrected chi connectivity index (χ0v) is 9.73. The molecule has 1 heteroatoms. The van der Waals surface area contributed by atoms with Gasteiger partial charge in [-0.05, 0) is 24.2 Å². The fourth-order valence-electron chi connectivity index (χ4n) is 1.94. The topological polar surface area (TPSA) is 0 Å². The number of halogens is 1. The van der Waals surface area contributed by atoms with E-state index in [1.165, 1.54) is 32.1 Å². The molecule has 0 heterocycles. The summed E-state index contributed by atoms with van der Waals surface area (Å²) in [5.41, 5.74) is 0.473. The van der Waals surface area contributed by atoms with Crippen LogP contribution in [0, 0.1) is 15.8 Å². The van der Waals surface area contributed by atoms with Crippen LogP contribution in [0.2, 0.25) is 0 Å². The summed E-state index contributed by atoms with van der Waals surface area (Å²) < 4.78 is 2.35. The molecule has 1 aliphatic carbocycles. The van der Waals surface area contributed by atoms with Crippen molar-refractivity contribution >= 4 is 22.6 Å². The Bertz CT molecular complexity index is 112. The van der Waals surface area contributed by atoms with Crippen LogP contribution < -0.4 is 0 Å². The van der Waals surface area contributed by atoms with Crippen LogP contribution in [0.1, 0.15) is 46.0 Å². The minimum Gasteiger partial charge on any atom is -0.0809 e. The molecule has 0 atom stereocenters. The molecule has 1 rings (SSSR count). The van der Waals surface area contributed by atoms with Gasteiger partial charge in [0.05, 0.1) is 0 Å². The van der Waals surface area contributed by atoms with E-state index in [2.05, 4.69) is 40.9 Å². The molecule has 0 saturated heterocycles. The number of hydrogen-bond donors (Lipinski definition) is 0. The molecule has 0 amide bonds. The molecule has 0 aromatic heterocycles. The van der Waals surface area contributed by atoms with Gasteiger partial charge in [0.25, 0.3) is 0 Å². The lowest BCUT2D eigenvalue weighted by molar-refractivity contribution is 0.205. The van der Waals surface area contributed by atoms with Gasteiger partial charge in [-0.15, -0.1) is 0 Å². The minimum absolute atomic E-state index is 0.473. The molecule has 1 saturated carbocycles. The van der Waals surface area contributed by atoms with Crippen molar-refractivity contribution in [3.05, 3.63) is 4.43 Å². The normalized spacial score (nSPS) is 22.1. The first-order valence-corrected chi connectivity index (χ1v) is 5.86. The van der Waals surface area contributed by atoms with E-state index in [0.29, 0.717) is 5.41 Å². The Morgan fingerprint density at radius 2 is 1.73 bits per heavy atom. The zero-order chi connectivity index (χ0) is 8.32. The molecule has 0 nitrogen and oxygen atoms in total. The minimum atomic E-state index is 0.473. The molecule has 1 fully saturated rings. The van der Waals surface area contributed by atoms with Gasteiger partial charge in [0.1, 0.15) is 0 Å². The predicted octanol–water partition coefficient (Wildman–Crippen LogP) is 4.19. The molecule has 0 aromatic carbocycles. The lowest BCUT2D eigenvalue weighted by Gasteiger charge is -2.35. The van der Waals surface area contributed by atoms with Crippen LogP contribution in [0.4, 0.5) is 0 Å². The highest BCUT2D eigenvalue weighted by Gasteiger charge is 2.29. The van der Waals surface area contributed by atoms with E-state index >= 15 is 0 Å². The zero-order valence-electron chi connectivity index (χ0n) is 7.57. The molecule has 0 N–H and O–H groups in total. The average molecular weight is 265 g/mol. The maximum absolute atomic E-state index is 2.41. The first-order valence-electron chi connectivity index (χ1n) is 4.61. The highest BCUT2D eigenvalue weighted by Crippen LogP contribution is 2.41.